The zero-order valence-electron chi connectivity index (χ0n) is 9.21. The summed E-state index contributed by atoms with van der Waals surface area (Å²) < 4.78 is 59.5. The topological polar surface area (TPSA) is 110 Å². The van der Waals surface area contributed by atoms with Crippen molar-refractivity contribution in [3.05, 3.63) is 35.4 Å². The first-order chi connectivity index (χ1) is 9.04. The molecule has 0 amide bonds. The molecule has 0 N–H and O–H groups in total. The summed E-state index contributed by atoms with van der Waals surface area (Å²) >= 11 is 0. The molecule has 110 valence electrons. The van der Waals surface area contributed by atoms with Gasteiger partial charge in [-0.1, -0.05) is 12.1 Å². The normalized spacial score (nSPS) is 11.9. The first-order valence-corrected chi connectivity index (χ1v) is 5.98. The van der Waals surface area contributed by atoms with Gasteiger partial charge in [-0.2, -0.15) is 21.6 Å². The SMILES string of the molecule is O=C([O-])c1cccc(C(=O)OOS(=O)(=O)C(F)(F)F)c1. The minimum atomic E-state index is -6.10. The number of rotatable bonds is 4. The molecule has 7 nitrogen and oxygen atoms in total. The van der Waals surface area contributed by atoms with E-state index in [1.165, 1.54) is 0 Å². The fraction of sp³-hybridized carbons (Fsp3) is 0.111. The van der Waals surface area contributed by atoms with Crippen LogP contribution in [0.1, 0.15) is 20.7 Å². The molecule has 20 heavy (non-hydrogen) atoms. The molecule has 0 unspecified atom stereocenters. The first kappa shape index (κ1) is 15.9. The van der Waals surface area contributed by atoms with Crippen LogP contribution in [0.25, 0.3) is 0 Å². The molecule has 0 fully saturated rings. The highest BCUT2D eigenvalue weighted by molar-refractivity contribution is 7.87. The second-order valence-electron chi connectivity index (χ2n) is 3.21. The predicted octanol–water partition coefficient (Wildman–Crippen LogP) is -0.0119. The highest BCUT2D eigenvalue weighted by Crippen LogP contribution is 2.25. The second-order valence-corrected chi connectivity index (χ2v) is 4.71. The van der Waals surface area contributed by atoms with Gasteiger partial charge in [-0.3, -0.25) is 4.89 Å². The quantitative estimate of drug-likeness (QED) is 0.436. The van der Waals surface area contributed by atoms with Gasteiger partial charge in [0.15, 0.2) is 0 Å². The Hall–Kier alpha value is -2.14. The molecule has 0 aliphatic heterocycles. The second kappa shape index (κ2) is 5.46. The molecule has 0 spiro atoms. The Morgan fingerprint density at radius 3 is 2.20 bits per heavy atom. The Morgan fingerprint density at radius 1 is 1.15 bits per heavy atom. The number of carbonyl (C=O) groups excluding carboxylic acids is 2. The lowest BCUT2D eigenvalue weighted by Crippen LogP contribution is -2.27. The van der Waals surface area contributed by atoms with Crippen molar-refractivity contribution >= 4 is 22.1 Å². The Balaban J connectivity index is 2.83. The minimum absolute atomic E-state index is 0.460. The molecule has 0 radical (unpaired) electrons. The summed E-state index contributed by atoms with van der Waals surface area (Å²) in [6.45, 7) is 0. The maximum atomic E-state index is 11.9. The van der Waals surface area contributed by atoms with E-state index in [-0.39, 0.29) is 0 Å². The van der Waals surface area contributed by atoms with E-state index < -0.39 is 38.7 Å². The molecule has 1 rings (SSSR count). The van der Waals surface area contributed by atoms with E-state index >= 15 is 0 Å². The fourth-order valence-electron chi connectivity index (χ4n) is 0.936. The summed E-state index contributed by atoms with van der Waals surface area (Å²) in [4.78, 5) is 25.2. The highest BCUT2D eigenvalue weighted by atomic mass is 32.2. The van der Waals surface area contributed by atoms with Gasteiger partial charge >= 0.3 is 21.6 Å². The third-order valence-electron chi connectivity index (χ3n) is 1.82. The molecular weight excluding hydrogens is 309 g/mol. The minimum Gasteiger partial charge on any atom is -0.545 e. The van der Waals surface area contributed by atoms with Crippen LogP contribution in [0.3, 0.4) is 0 Å². The Labute approximate surface area is 109 Å². The lowest BCUT2D eigenvalue weighted by atomic mass is 10.1. The van der Waals surface area contributed by atoms with Crippen molar-refractivity contribution in [3.63, 3.8) is 0 Å². The van der Waals surface area contributed by atoms with Crippen LogP contribution in [0.5, 0.6) is 0 Å². The van der Waals surface area contributed by atoms with Gasteiger partial charge in [0, 0.05) is 0 Å². The van der Waals surface area contributed by atoms with E-state index in [0.29, 0.717) is 6.07 Å². The summed E-state index contributed by atoms with van der Waals surface area (Å²) in [5.41, 5.74) is -6.76. The van der Waals surface area contributed by atoms with E-state index in [1.807, 2.05) is 0 Å². The Kier molecular flexibility index (Phi) is 4.35. The molecule has 0 aliphatic rings. The number of benzene rings is 1. The van der Waals surface area contributed by atoms with Crippen molar-refractivity contribution in [3.8, 4) is 0 Å². The van der Waals surface area contributed by atoms with Gasteiger partial charge in [0.25, 0.3) is 0 Å². The molecule has 0 aliphatic carbocycles. The lowest BCUT2D eigenvalue weighted by molar-refractivity contribution is -0.255. The average molecular weight is 313 g/mol. The molecule has 0 aromatic heterocycles. The average Bonchev–Trinajstić information content (AvgIpc) is 2.34. The smallest absolute Gasteiger partial charge is 0.526 e. The summed E-state index contributed by atoms with van der Waals surface area (Å²) in [5, 5.41) is 10.5. The van der Waals surface area contributed by atoms with Gasteiger partial charge < -0.3 is 9.90 Å². The van der Waals surface area contributed by atoms with E-state index in [4.69, 9.17) is 0 Å². The monoisotopic (exact) mass is 313 g/mol. The van der Waals surface area contributed by atoms with Crippen molar-refractivity contribution < 1.29 is 45.5 Å². The predicted molar refractivity (Wildman–Crippen MR) is 52.2 cm³/mol. The zero-order chi connectivity index (χ0) is 15.6. The van der Waals surface area contributed by atoms with E-state index in [0.717, 1.165) is 18.2 Å². The van der Waals surface area contributed by atoms with Gasteiger partial charge in [0.2, 0.25) is 0 Å². The summed E-state index contributed by atoms with van der Waals surface area (Å²) in [6.07, 6.45) is 0. The van der Waals surface area contributed by atoms with Crippen molar-refractivity contribution in [1.82, 2.24) is 0 Å². The van der Waals surface area contributed by atoms with Crippen molar-refractivity contribution in [2.45, 2.75) is 5.51 Å². The number of alkyl halides is 3. The lowest BCUT2D eigenvalue weighted by Gasteiger charge is -2.07. The van der Waals surface area contributed by atoms with Crippen molar-refractivity contribution in [1.29, 1.82) is 0 Å². The maximum Gasteiger partial charge on any atom is 0.526 e. The summed E-state index contributed by atoms with van der Waals surface area (Å²) in [5.74, 6) is -3.27. The third kappa shape index (κ3) is 3.68. The zero-order valence-corrected chi connectivity index (χ0v) is 10.0. The van der Waals surface area contributed by atoms with E-state index in [9.17, 15) is 36.3 Å². The van der Waals surface area contributed by atoms with Crippen LogP contribution < -0.4 is 5.11 Å². The van der Waals surface area contributed by atoms with Crippen LogP contribution in [0, 0.1) is 0 Å². The largest absolute Gasteiger partial charge is 0.545 e. The van der Waals surface area contributed by atoms with Gasteiger partial charge in [0.05, 0.1) is 11.5 Å². The van der Waals surface area contributed by atoms with Gasteiger partial charge in [0.1, 0.15) is 0 Å². The van der Waals surface area contributed by atoms with Gasteiger partial charge in [-0.05, 0) is 22.0 Å². The Bertz CT molecular complexity index is 635. The Morgan fingerprint density at radius 2 is 1.70 bits per heavy atom. The molecule has 0 atom stereocenters. The number of halogens is 3. The van der Waals surface area contributed by atoms with E-state index in [1.54, 1.807) is 0 Å². The molecule has 0 saturated heterocycles. The number of hydrogen-bond acceptors (Lipinski definition) is 7. The molecule has 1 aromatic carbocycles. The number of carbonyl (C=O) groups is 2. The number of carboxylic acid groups (broad SMARTS) is 1. The number of carboxylic acids is 1. The van der Waals surface area contributed by atoms with Gasteiger partial charge in [-0.25, -0.2) is 4.79 Å². The standard InChI is InChI=1S/C9H5F3O7S/c10-9(11,12)20(16,17)19-18-8(15)6-3-1-2-5(4-6)7(13)14/h1-4H,(H,13,14)/p-1. The van der Waals surface area contributed by atoms with Crippen molar-refractivity contribution in [2.75, 3.05) is 0 Å². The van der Waals surface area contributed by atoms with Gasteiger partial charge in [-0.15, -0.1) is 0 Å². The van der Waals surface area contributed by atoms with Crippen LogP contribution in [-0.2, 0) is 19.3 Å². The summed E-state index contributed by atoms with van der Waals surface area (Å²) in [6, 6.07) is 3.79. The van der Waals surface area contributed by atoms with Crippen LogP contribution in [-0.4, -0.2) is 25.9 Å². The van der Waals surface area contributed by atoms with Crippen molar-refractivity contribution in [2.24, 2.45) is 0 Å². The third-order valence-corrected chi connectivity index (χ3v) is 2.63. The molecule has 0 heterocycles. The molecule has 0 saturated carbocycles. The molecular formula is C9H4F3O7S-. The number of hydrogen-bond donors (Lipinski definition) is 0. The van der Waals surface area contributed by atoms with Crippen LogP contribution in [0.4, 0.5) is 13.2 Å². The maximum absolute atomic E-state index is 11.9. The van der Waals surface area contributed by atoms with Crippen LogP contribution in [0.2, 0.25) is 0 Å². The molecule has 0 bridgehead atoms. The fourth-order valence-corrected chi connectivity index (χ4v) is 1.16. The first-order valence-electron chi connectivity index (χ1n) is 4.58. The molecule has 1 aromatic rings. The van der Waals surface area contributed by atoms with E-state index in [2.05, 4.69) is 9.22 Å². The van der Waals surface area contributed by atoms with Crippen LogP contribution in [0.15, 0.2) is 24.3 Å². The van der Waals surface area contributed by atoms with Crippen LogP contribution >= 0.6 is 0 Å². The number of aromatic carboxylic acids is 1. The highest BCUT2D eigenvalue weighted by Gasteiger charge is 2.49. The molecule has 11 heteroatoms. The summed E-state index contributed by atoms with van der Waals surface area (Å²) in [7, 11) is -6.10.